The van der Waals surface area contributed by atoms with Gasteiger partial charge in [-0.15, -0.1) is 0 Å². The lowest BCUT2D eigenvalue weighted by atomic mass is 9.92. The fraction of sp³-hybridized carbons (Fsp3) is 1.00. The second-order valence-electron chi connectivity index (χ2n) is 3.58. The molecular formula is C8H18N2O. The molecule has 0 radical (unpaired) electrons. The highest BCUT2D eigenvalue weighted by Gasteiger charge is 2.21. The van der Waals surface area contributed by atoms with Gasteiger partial charge in [0, 0.05) is 12.6 Å². The van der Waals surface area contributed by atoms with Gasteiger partial charge < -0.3 is 10.1 Å². The molecule has 3 heteroatoms. The average Bonchev–Trinajstić information content (AvgIpc) is 2.03. The first-order chi connectivity index (χ1) is 5.24. The van der Waals surface area contributed by atoms with Gasteiger partial charge in [-0.2, -0.15) is 0 Å². The minimum atomic E-state index is 0.234. The molecule has 1 aliphatic rings. The smallest absolute Gasteiger partial charge is 0.0331 e. The van der Waals surface area contributed by atoms with Crippen LogP contribution in [0.2, 0.25) is 0 Å². The highest BCUT2D eigenvalue weighted by molar-refractivity contribution is 4.76. The number of piperidine rings is 1. The second-order valence-corrected chi connectivity index (χ2v) is 3.58. The molecule has 0 aromatic rings. The Morgan fingerprint density at radius 1 is 1.64 bits per heavy atom. The lowest BCUT2D eigenvalue weighted by Gasteiger charge is -2.32. The van der Waals surface area contributed by atoms with Gasteiger partial charge in [0.05, 0.1) is 0 Å². The van der Waals surface area contributed by atoms with E-state index in [0.717, 1.165) is 6.54 Å². The number of nitrogens with zero attached hydrogens (tertiary/aromatic N) is 1. The van der Waals surface area contributed by atoms with Crippen LogP contribution in [0.15, 0.2) is 0 Å². The third-order valence-electron chi connectivity index (χ3n) is 2.57. The van der Waals surface area contributed by atoms with E-state index in [0.29, 0.717) is 5.92 Å². The van der Waals surface area contributed by atoms with Crippen LogP contribution in [0.3, 0.4) is 0 Å². The van der Waals surface area contributed by atoms with E-state index >= 15 is 0 Å². The SMILES string of the molecule is CC(NO)C1CCCN(C)C1. The molecule has 1 fully saturated rings. The van der Waals surface area contributed by atoms with E-state index in [2.05, 4.69) is 17.4 Å². The van der Waals surface area contributed by atoms with Gasteiger partial charge in [-0.1, -0.05) is 0 Å². The van der Waals surface area contributed by atoms with Gasteiger partial charge in [0.15, 0.2) is 0 Å². The number of rotatable bonds is 2. The lowest BCUT2D eigenvalue weighted by Crippen LogP contribution is -2.41. The molecule has 11 heavy (non-hydrogen) atoms. The number of hydrogen-bond donors (Lipinski definition) is 2. The lowest BCUT2D eigenvalue weighted by molar-refractivity contribution is 0.0765. The van der Waals surface area contributed by atoms with Gasteiger partial charge in [0.25, 0.3) is 0 Å². The van der Waals surface area contributed by atoms with Gasteiger partial charge in [0.1, 0.15) is 0 Å². The van der Waals surface area contributed by atoms with Crippen LogP contribution in [0.4, 0.5) is 0 Å². The van der Waals surface area contributed by atoms with Gasteiger partial charge in [-0.05, 0) is 39.3 Å². The number of hydroxylamine groups is 1. The molecule has 66 valence electrons. The maximum Gasteiger partial charge on any atom is 0.0331 e. The van der Waals surface area contributed by atoms with Crippen LogP contribution in [0.25, 0.3) is 0 Å². The Bertz CT molecular complexity index is 119. The standard InChI is InChI=1S/C8H18N2O/c1-7(9-11)8-4-3-5-10(2)6-8/h7-9,11H,3-6H2,1-2H3. The molecule has 0 spiro atoms. The number of hydrogen-bond acceptors (Lipinski definition) is 3. The summed E-state index contributed by atoms with van der Waals surface area (Å²) in [6.07, 6.45) is 2.49. The Hall–Kier alpha value is -0.120. The Morgan fingerprint density at radius 3 is 2.91 bits per heavy atom. The van der Waals surface area contributed by atoms with Crippen molar-refractivity contribution in [3.05, 3.63) is 0 Å². The summed E-state index contributed by atoms with van der Waals surface area (Å²) in [4.78, 5) is 2.32. The average molecular weight is 158 g/mol. The fourth-order valence-corrected chi connectivity index (χ4v) is 1.72. The van der Waals surface area contributed by atoms with E-state index in [1.807, 2.05) is 6.92 Å². The Labute approximate surface area is 68.3 Å². The molecular weight excluding hydrogens is 140 g/mol. The highest BCUT2D eigenvalue weighted by Crippen LogP contribution is 2.17. The zero-order chi connectivity index (χ0) is 8.27. The van der Waals surface area contributed by atoms with E-state index in [1.54, 1.807) is 0 Å². The first-order valence-corrected chi connectivity index (χ1v) is 4.32. The predicted octanol–water partition coefficient (Wildman–Crippen LogP) is 0.696. The Morgan fingerprint density at radius 2 is 2.36 bits per heavy atom. The summed E-state index contributed by atoms with van der Waals surface area (Å²) in [5.74, 6) is 0.610. The summed E-state index contributed by atoms with van der Waals surface area (Å²) in [5, 5.41) is 8.70. The van der Waals surface area contributed by atoms with Crippen LogP contribution in [0.1, 0.15) is 19.8 Å². The molecule has 1 saturated heterocycles. The third kappa shape index (κ3) is 2.43. The van der Waals surface area contributed by atoms with Crippen molar-refractivity contribution < 1.29 is 5.21 Å². The molecule has 0 aromatic carbocycles. The van der Waals surface area contributed by atoms with Crippen LogP contribution >= 0.6 is 0 Å². The Kier molecular flexibility index (Phi) is 3.30. The van der Waals surface area contributed by atoms with Crippen LogP contribution in [-0.2, 0) is 0 Å². The van der Waals surface area contributed by atoms with Crippen LogP contribution < -0.4 is 5.48 Å². The molecule has 1 heterocycles. The van der Waals surface area contributed by atoms with Gasteiger partial charge in [-0.3, -0.25) is 0 Å². The minimum absolute atomic E-state index is 0.234. The van der Waals surface area contributed by atoms with Crippen molar-refractivity contribution in [1.82, 2.24) is 10.4 Å². The molecule has 0 saturated carbocycles. The van der Waals surface area contributed by atoms with E-state index in [-0.39, 0.29) is 6.04 Å². The molecule has 2 N–H and O–H groups in total. The quantitative estimate of drug-likeness (QED) is 0.581. The molecule has 3 nitrogen and oxygen atoms in total. The van der Waals surface area contributed by atoms with Gasteiger partial charge in [-0.25, -0.2) is 5.48 Å². The molecule has 0 bridgehead atoms. The number of likely N-dealkylation sites (tertiary alicyclic amines) is 1. The molecule has 0 aliphatic carbocycles. The van der Waals surface area contributed by atoms with Crippen molar-refractivity contribution in [2.24, 2.45) is 5.92 Å². The van der Waals surface area contributed by atoms with Gasteiger partial charge in [0.2, 0.25) is 0 Å². The van der Waals surface area contributed by atoms with Crippen molar-refractivity contribution >= 4 is 0 Å². The normalized spacial score (nSPS) is 30.3. The first-order valence-electron chi connectivity index (χ1n) is 4.32. The number of nitrogens with one attached hydrogen (secondary N) is 1. The monoisotopic (exact) mass is 158 g/mol. The molecule has 2 unspecified atom stereocenters. The van der Waals surface area contributed by atoms with E-state index in [1.165, 1.54) is 19.4 Å². The summed E-state index contributed by atoms with van der Waals surface area (Å²) >= 11 is 0. The summed E-state index contributed by atoms with van der Waals surface area (Å²) in [6, 6.07) is 0.234. The van der Waals surface area contributed by atoms with Crippen LogP contribution in [0.5, 0.6) is 0 Å². The van der Waals surface area contributed by atoms with Gasteiger partial charge >= 0.3 is 0 Å². The van der Waals surface area contributed by atoms with Crippen molar-refractivity contribution in [2.75, 3.05) is 20.1 Å². The van der Waals surface area contributed by atoms with Crippen molar-refractivity contribution in [3.8, 4) is 0 Å². The fourth-order valence-electron chi connectivity index (χ4n) is 1.72. The molecule has 0 amide bonds. The maximum absolute atomic E-state index is 8.70. The molecule has 0 aromatic heterocycles. The van der Waals surface area contributed by atoms with E-state index in [4.69, 9.17) is 5.21 Å². The summed E-state index contributed by atoms with van der Waals surface area (Å²) in [6.45, 7) is 4.34. The largest absolute Gasteiger partial charge is 0.317 e. The maximum atomic E-state index is 8.70. The summed E-state index contributed by atoms with van der Waals surface area (Å²) in [7, 11) is 2.14. The summed E-state index contributed by atoms with van der Waals surface area (Å²) < 4.78 is 0. The summed E-state index contributed by atoms with van der Waals surface area (Å²) in [5.41, 5.74) is 2.33. The van der Waals surface area contributed by atoms with Crippen molar-refractivity contribution in [3.63, 3.8) is 0 Å². The minimum Gasteiger partial charge on any atom is -0.317 e. The Balaban J connectivity index is 2.33. The third-order valence-corrected chi connectivity index (χ3v) is 2.57. The van der Waals surface area contributed by atoms with Crippen molar-refractivity contribution in [1.29, 1.82) is 0 Å². The first kappa shape index (κ1) is 8.97. The van der Waals surface area contributed by atoms with Crippen molar-refractivity contribution in [2.45, 2.75) is 25.8 Å². The van der Waals surface area contributed by atoms with Crippen LogP contribution in [-0.4, -0.2) is 36.3 Å². The highest BCUT2D eigenvalue weighted by atomic mass is 16.5. The zero-order valence-corrected chi connectivity index (χ0v) is 7.38. The second kappa shape index (κ2) is 4.04. The molecule has 1 aliphatic heterocycles. The predicted molar refractivity (Wildman–Crippen MR) is 44.6 cm³/mol. The molecule has 2 atom stereocenters. The molecule has 1 rings (SSSR count). The van der Waals surface area contributed by atoms with Crippen LogP contribution in [0, 0.1) is 5.92 Å². The topological polar surface area (TPSA) is 35.5 Å². The van der Waals surface area contributed by atoms with E-state index in [9.17, 15) is 0 Å². The van der Waals surface area contributed by atoms with E-state index < -0.39 is 0 Å². The zero-order valence-electron chi connectivity index (χ0n) is 7.38.